The van der Waals surface area contributed by atoms with Gasteiger partial charge in [-0.2, -0.15) is 0 Å². The lowest BCUT2D eigenvalue weighted by Crippen LogP contribution is -2.36. The van der Waals surface area contributed by atoms with E-state index in [4.69, 9.17) is 4.74 Å². The molecule has 1 atom stereocenters. The van der Waals surface area contributed by atoms with Crippen molar-refractivity contribution in [1.82, 2.24) is 25.3 Å². The van der Waals surface area contributed by atoms with Crippen LogP contribution in [-0.2, 0) is 24.4 Å². The first-order valence-electron chi connectivity index (χ1n) is 7.57. The molecule has 7 heteroatoms. The third-order valence-corrected chi connectivity index (χ3v) is 4.75. The predicted octanol–water partition coefficient (Wildman–Crippen LogP) is 2.09. The Kier molecular flexibility index (Phi) is 4.14. The molecule has 1 aliphatic rings. The number of pyridine rings is 1. The molecule has 4 heterocycles. The van der Waals surface area contributed by atoms with Gasteiger partial charge in [-0.15, -0.1) is 16.4 Å². The van der Waals surface area contributed by atoms with Crippen LogP contribution in [0, 0.1) is 0 Å². The van der Waals surface area contributed by atoms with Gasteiger partial charge in [0.2, 0.25) is 0 Å². The van der Waals surface area contributed by atoms with Gasteiger partial charge in [-0.1, -0.05) is 11.3 Å². The van der Waals surface area contributed by atoms with Crippen LogP contribution in [0.25, 0.3) is 11.3 Å². The van der Waals surface area contributed by atoms with Crippen molar-refractivity contribution in [2.45, 2.75) is 25.8 Å². The Morgan fingerprint density at radius 2 is 2.22 bits per heavy atom. The molecule has 0 saturated heterocycles. The van der Waals surface area contributed by atoms with E-state index in [1.807, 2.05) is 16.8 Å². The molecule has 0 amide bonds. The third-order valence-electron chi connectivity index (χ3n) is 3.88. The maximum atomic E-state index is 5.97. The van der Waals surface area contributed by atoms with E-state index in [1.54, 1.807) is 23.7 Å². The summed E-state index contributed by atoms with van der Waals surface area (Å²) in [5.41, 5.74) is 2.95. The van der Waals surface area contributed by atoms with Crippen LogP contribution in [-0.4, -0.2) is 32.6 Å². The Morgan fingerprint density at radius 3 is 3.04 bits per heavy atom. The highest BCUT2D eigenvalue weighted by Crippen LogP contribution is 2.24. The number of ether oxygens (including phenoxy) is 1. The Balaban J connectivity index is 1.39. The Morgan fingerprint density at radius 1 is 1.30 bits per heavy atom. The van der Waals surface area contributed by atoms with Crippen molar-refractivity contribution >= 4 is 11.3 Å². The fraction of sp³-hybridized carbons (Fsp3) is 0.312. The van der Waals surface area contributed by atoms with E-state index in [1.165, 1.54) is 4.88 Å². The topological polar surface area (TPSA) is 64.9 Å². The molecule has 0 fully saturated rings. The molecule has 118 valence electrons. The minimum Gasteiger partial charge on any atom is -0.369 e. The van der Waals surface area contributed by atoms with Gasteiger partial charge >= 0.3 is 0 Å². The van der Waals surface area contributed by atoms with E-state index >= 15 is 0 Å². The first kappa shape index (κ1) is 14.5. The largest absolute Gasteiger partial charge is 0.369 e. The van der Waals surface area contributed by atoms with Gasteiger partial charge in [0.05, 0.1) is 24.9 Å². The fourth-order valence-corrected chi connectivity index (χ4v) is 3.37. The summed E-state index contributed by atoms with van der Waals surface area (Å²) in [6.07, 6.45) is 3.65. The molecular formula is C16H17N5OS. The van der Waals surface area contributed by atoms with E-state index in [2.05, 4.69) is 38.1 Å². The molecule has 4 rings (SSSR count). The zero-order chi connectivity index (χ0) is 15.5. The van der Waals surface area contributed by atoms with Crippen molar-refractivity contribution in [3.63, 3.8) is 0 Å². The number of nitrogens with one attached hydrogen (secondary N) is 1. The van der Waals surface area contributed by atoms with Crippen molar-refractivity contribution in [2.75, 3.05) is 6.54 Å². The Labute approximate surface area is 138 Å². The molecule has 0 saturated carbocycles. The molecule has 0 spiro atoms. The molecule has 1 N–H and O–H groups in total. The summed E-state index contributed by atoms with van der Waals surface area (Å²) in [6.45, 7) is 2.95. The molecule has 23 heavy (non-hydrogen) atoms. The maximum absolute atomic E-state index is 5.97. The van der Waals surface area contributed by atoms with Crippen molar-refractivity contribution in [2.24, 2.45) is 0 Å². The highest BCUT2D eigenvalue weighted by Gasteiger charge is 2.24. The van der Waals surface area contributed by atoms with Crippen LogP contribution in [0.4, 0.5) is 0 Å². The number of hydrogen-bond donors (Lipinski definition) is 1. The SMILES string of the molecule is c1csc(CNCC2Cn3nnc(-c4ccncc4)c3CO2)c1. The highest BCUT2D eigenvalue weighted by molar-refractivity contribution is 7.09. The predicted molar refractivity (Wildman–Crippen MR) is 87.9 cm³/mol. The van der Waals surface area contributed by atoms with Crippen LogP contribution in [0.3, 0.4) is 0 Å². The molecule has 6 nitrogen and oxygen atoms in total. The molecular weight excluding hydrogens is 310 g/mol. The van der Waals surface area contributed by atoms with Gasteiger partial charge in [0.1, 0.15) is 5.69 Å². The molecule has 0 aromatic carbocycles. The number of hydrogen-bond acceptors (Lipinski definition) is 6. The molecule has 3 aromatic rings. The lowest BCUT2D eigenvalue weighted by molar-refractivity contribution is 0.00128. The van der Waals surface area contributed by atoms with Crippen molar-refractivity contribution in [3.05, 3.63) is 52.6 Å². The minimum absolute atomic E-state index is 0.120. The zero-order valence-corrected chi connectivity index (χ0v) is 13.4. The van der Waals surface area contributed by atoms with Gasteiger partial charge in [0, 0.05) is 35.9 Å². The molecule has 3 aromatic heterocycles. The fourth-order valence-electron chi connectivity index (χ4n) is 2.69. The van der Waals surface area contributed by atoms with E-state index in [0.717, 1.165) is 36.6 Å². The molecule has 1 unspecified atom stereocenters. The average Bonchev–Trinajstić information content (AvgIpc) is 3.25. The quantitative estimate of drug-likeness (QED) is 0.777. The van der Waals surface area contributed by atoms with Gasteiger partial charge in [-0.3, -0.25) is 4.98 Å². The van der Waals surface area contributed by atoms with Crippen molar-refractivity contribution in [1.29, 1.82) is 0 Å². The van der Waals surface area contributed by atoms with Gasteiger partial charge in [0.25, 0.3) is 0 Å². The second-order valence-corrected chi connectivity index (χ2v) is 6.48. The molecule has 0 radical (unpaired) electrons. The van der Waals surface area contributed by atoms with Crippen LogP contribution in [0.5, 0.6) is 0 Å². The van der Waals surface area contributed by atoms with Gasteiger partial charge in [-0.05, 0) is 23.6 Å². The lowest BCUT2D eigenvalue weighted by atomic mass is 10.1. The average molecular weight is 327 g/mol. The minimum atomic E-state index is 0.120. The number of thiophene rings is 1. The van der Waals surface area contributed by atoms with Gasteiger partial charge in [0.15, 0.2) is 0 Å². The van der Waals surface area contributed by atoms with Crippen molar-refractivity contribution < 1.29 is 4.74 Å². The summed E-state index contributed by atoms with van der Waals surface area (Å²) in [5, 5.41) is 14.1. The molecule has 0 aliphatic carbocycles. The van der Waals surface area contributed by atoms with E-state index in [9.17, 15) is 0 Å². The zero-order valence-electron chi connectivity index (χ0n) is 12.6. The number of fused-ring (bicyclic) bond motifs is 1. The van der Waals surface area contributed by atoms with Crippen LogP contribution in [0.2, 0.25) is 0 Å². The Hall–Kier alpha value is -2.09. The summed E-state index contributed by atoms with van der Waals surface area (Å²) < 4.78 is 7.92. The number of rotatable bonds is 5. The third kappa shape index (κ3) is 3.17. The van der Waals surface area contributed by atoms with Crippen LogP contribution in [0.1, 0.15) is 10.6 Å². The standard InChI is InChI=1S/C16H17N5OS/c1-2-14(23-7-1)9-18-8-13-10-21-15(11-22-13)16(19-20-21)12-3-5-17-6-4-12/h1-7,13,18H,8-11H2. The van der Waals surface area contributed by atoms with Crippen molar-refractivity contribution in [3.8, 4) is 11.3 Å². The van der Waals surface area contributed by atoms with Crippen LogP contribution < -0.4 is 5.32 Å². The number of aromatic nitrogens is 4. The second-order valence-electron chi connectivity index (χ2n) is 5.45. The highest BCUT2D eigenvalue weighted by atomic mass is 32.1. The lowest BCUT2D eigenvalue weighted by Gasteiger charge is -2.24. The van der Waals surface area contributed by atoms with E-state index in [-0.39, 0.29) is 6.10 Å². The summed E-state index contributed by atoms with van der Waals surface area (Å²) in [4.78, 5) is 5.38. The van der Waals surface area contributed by atoms with Gasteiger partial charge < -0.3 is 10.1 Å². The van der Waals surface area contributed by atoms with Crippen LogP contribution in [0.15, 0.2) is 42.0 Å². The monoisotopic (exact) mass is 327 g/mol. The van der Waals surface area contributed by atoms with Crippen LogP contribution >= 0.6 is 11.3 Å². The molecule has 1 aliphatic heterocycles. The van der Waals surface area contributed by atoms with Gasteiger partial charge in [-0.25, -0.2) is 4.68 Å². The smallest absolute Gasteiger partial charge is 0.118 e. The van der Waals surface area contributed by atoms with E-state index < -0.39 is 0 Å². The summed E-state index contributed by atoms with van der Waals surface area (Å²) in [5.74, 6) is 0. The summed E-state index contributed by atoms with van der Waals surface area (Å²) in [7, 11) is 0. The Bertz CT molecular complexity index is 756. The number of nitrogens with zero attached hydrogens (tertiary/aromatic N) is 4. The van der Waals surface area contributed by atoms with E-state index in [0.29, 0.717) is 6.61 Å². The first-order valence-corrected chi connectivity index (χ1v) is 8.45. The second kappa shape index (κ2) is 6.57. The molecule has 0 bridgehead atoms. The normalized spacial score (nSPS) is 17.1. The first-order chi connectivity index (χ1) is 11.4. The maximum Gasteiger partial charge on any atom is 0.118 e. The summed E-state index contributed by atoms with van der Waals surface area (Å²) in [6, 6.07) is 8.09. The summed E-state index contributed by atoms with van der Waals surface area (Å²) >= 11 is 1.76.